The van der Waals surface area contributed by atoms with Crippen molar-refractivity contribution in [3.05, 3.63) is 21.4 Å². The van der Waals surface area contributed by atoms with Gasteiger partial charge in [-0.25, -0.2) is 0 Å². The molecule has 1 aromatic rings. The number of rotatable bonds is 3. The first kappa shape index (κ1) is 13.8. The Morgan fingerprint density at radius 2 is 2.17 bits per heavy atom. The molecule has 102 valence electrons. The Morgan fingerprint density at radius 1 is 1.44 bits per heavy atom. The molecule has 0 amide bonds. The molecule has 0 bridgehead atoms. The molecule has 0 spiro atoms. The smallest absolute Gasteiger partial charge is 0.370 e. The monoisotopic (exact) mass is 279 g/mol. The highest BCUT2D eigenvalue weighted by Gasteiger charge is 2.28. The first-order chi connectivity index (χ1) is 8.37. The van der Waals surface area contributed by atoms with E-state index in [4.69, 9.17) is 4.74 Å². The van der Waals surface area contributed by atoms with Gasteiger partial charge in [-0.15, -0.1) is 11.3 Å². The number of thiophene rings is 1. The van der Waals surface area contributed by atoms with Crippen molar-refractivity contribution in [2.24, 2.45) is 0 Å². The van der Waals surface area contributed by atoms with E-state index in [1.165, 1.54) is 5.56 Å². The van der Waals surface area contributed by atoms with Crippen LogP contribution in [0.2, 0.25) is 0 Å². The molecule has 0 aromatic carbocycles. The highest BCUT2D eigenvalue weighted by Crippen LogP contribution is 2.36. The Kier molecular flexibility index (Phi) is 3.99. The standard InChI is InChI=1S/C12H16F3NOS/c1-7-3-10-9(4-16-6-12(13,14)15)5-18-11(10)8(2)17-7/h5,7-8,16H,3-4,6H2,1-2H3. The van der Waals surface area contributed by atoms with Crippen LogP contribution in [0.25, 0.3) is 0 Å². The van der Waals surface area contributed by atoms with Crippen LogP contribution in [0, 0.1) is 0 Å². The lowest BCUT2D eigenvalue weighted by Gasteiger charge is -2.26. The summed E-state index contributed by atoms with van der Waals surface area (Å²) in [5.74, 6) is 0. The summed E-state index contributed by atoms with van der Waals surface area (Å²) in [6, 6.07) is 0. The Labute approximate surface area is 108 Å². The molecule has 1 aliphatic rings. The third-order valence-electron chi connectivity index (χ3n) is 2.95. The predicted molar refractivity (Wildman–Crippen MR) is 64.7 cm³/mol. The van der Waals surface area contributed by atoms with Crippen LogP contribution in [-0.4, -0.2) is 18.8 Å². The van der Waals surface area contributed by atoms with Crippen molar-refractivity contribution >= 4 is 11.3 Å². The summed E-state index contributed by atoms with van der Waals surface area (Å²) in [6.07, 6.45) is -3.19. The molecule has 0 fully saturated rings. The molecule has 1 N–H and O–H groups in total. The van der Waals surface area contributed by atoms with Gasteiger partial charge < -0.3 is 10.1 Å². The molecule has 1 aromatic heterocycles. The average Bonchev–Trinajstić information content (AvgIpc) is 2.60. The van der Waals surface area contributed by atoms with E-state index in [-0.39, 0.29) is 18.8 Å². The van der Waals surface area contributed by atoms with Crippen LogP contribution < -0.4 is 5.32 Å². The van der Waals surface area contributed by atoms with E-state index in [1.54, 1.807) is 11.3 Å². The summed E-state index contributed by atoms with van der Waals surface area (Å²) < 4.78 is 41.9. The maximum atomic E-state index is 12.1. The zero-order valence-corrected chi connectivity index (χ0v) is 11.1. The van der Waals surface area contributed by atoms with Gasteiger partial charge >= 0.3 is 6.18 Å². The summed E-state index contributed by atoms with van der Waals surface area (Å²) in [7, 11) is 0. The van der Waals surface area contributed by atoms with Crippen molar-refractivity contribution in [3.8, 4) is 0 Å². The molecule has 6 heteroatoms. The highest BCUT2D eigenvalue weighted by atomic mass is 32.1. The molecular formula is C12H16F3NOS. The van der Waals surface area contributed by atoms with Crippen molar-refractivity contribution in [1.29, 1.82) is 0 Å². The van der Waals surface area contributed by atoms with Gasteiger partial charge in [0.2, 0.25) is 0 Å². The normalized spacial score (nSPS) is 24.1. The molecule has 0 radical (unpaired) electrons. The fourth-order valence-corrected chi connectivity index (χ4v) is 3.34. The fraction of sp³-hybridized carbons (Fsp3) is 0.667. The van der Waals surface area contributed by atoms with E-state index in [1.807, 2.05) is 19.2 Å². The van der Waals surface area contributed by atoms with Crippen LogP contribution in [0.3, 0.4) is 0 Å². The topological polar surface area (TPSA) is 21.3 Å². The van der Waals surface area contributed by atoms with Crippen molar-refractivity contribution in [3.63, 3.8) is 0 Å². The number of hydrogen-bond donors (Lipinski definition) is 1. The van der Waals surface area contributed by atoms with E-state index in [2.05, 4.69) is 5.32 Å². The van der Waals surface area contributed by atoms with Crippen molar-refractivity contribution in [2.45, 2.75) is 45.2 Å². The third-order valence-corrected chi connectivity index (χ3v) is 4.19. The van der Waals surface area contributed by atoms with Crippen LogP contribution in [-0.2, 0) is 17.7 Å². The SMILES string of the molecule is CC1Cc2c(CNCC(F)(F)F)csc2C(C)O1. The van der Waals surface area contributed by atoms with Crippen LogP contribution in [0.15, 0.2) is 5.38 Å². The number of alkyl halides is 3. The Balaban J connectivity index is 2.02. The maximum Gasteiger partial charge on any atom is 0.401 e. The van der Waals surface area contributed by atoms with Gasteiger partial charge in [-0.2, -0.15) is 13.2 Å². The molecule has 0 aliphatic carbocycles. The van der Waals surface area contributed by atoms with Gasteiger partial charge in [-0.3, -0.25) is 0 Å². The number of hydrogen-bond acceptors (Lipinski definition) is 3. The second-order valence-corrected chi connectivity index (χ2v) is 5.53. The van der Waals surface area contributed by atoms with Gasteiger partial charge in [0.15, 0.2) is 0 Å². The van der Waals surface area contributed by atoms with Gasteiger partial charge in [0.25, 0.3) is 0 Å². The number of nitrogens with one attached hydrogen (secondary N) is 1. The minimum absolute atomic E-state index is 0.0464. The summed E-state index contributed by atoms with van der Waals surface area (Å²) in [5.41, 5.74) is 2.14. The van der Waals surface area contributed by atoms with E-state index in [9.17, 15) is 13.2 Å². The molecule has 18 heavy (non-hydrogen) atoms. The highest BCUT2D eigenvalue weighted by molar-refractivity contribution is 7.10. The molecular weight excluding hydrogens is 263 g/mol. The first-order valence-electron chi connectivity index (χ1n) is 5.89. The summed E-state index contributed by atoms with van der Waals surface area (Å²) in [4.78, 5) is 1.15. The molecule has 2 heterocycles. The van der Waals surface area contributed by atoms with Gasteiger partial charge in [0.05, 0.1) is 18.8 Å². The quantitative estimate of drug-likeness (QED) is 0.915. The van der Waals surface area contributed by atoms with E-state index >= 15 is 0 Å². The molecule has 2 nitrogen and oxygen atoms in total. The summed E-state index contributed by atoms with van der Waals surface area (Å²) in [5, 5.41) is 4.38. The second-order valence-electron chi connectivity index (χ2n) is 4.62. The van der Waals surface area contributed by atoms with E-state index in [0.29, 0.717) is 0 Å². The largest absolute Gasteiger partial charge is 0.401 e. The van der Waals surface area contributed by atoms with E-state index < -0.39 is 12.7 Å². The Hall–Kier alpha value is -0.590. The molecule has 2 unspecified atom stereocenters. The van der Waals surface area contributed by atoms with Gasteiger partial charge in [0, 0.05) is 11.4 Å². The number of ether oxygens (including phenoxy) is 1. The molecule has 2 atom stereocenters. The van der Waals surface area contributed by atoms with Crippen molar-refractivity contribution < 1.29 is 17.9 Å². The Bertz CT molecular complexity index is 416. The van der Waals surface area contributed by atoms with Crippen molar-refractivity contribution in [2.75, 3.05) is 6.54 Å². The molecule has 0 saturated carbocycles. The summed E-state index contributed by atoms with van der Waals surface area (Å²) in [6.45, 7) is 3.30. The number of halogens is 3. The van der Waals surface area contributed by atoms with Crippen LogP contribution in [0.1, 0.15) is 36.0 Å². The van der Waals surface area contributed by atoms with Gasteiger partial charge in [-0.05, 0) is 36.8 Å². The van der Waals surface area contributed by atoms with Crippen LogP contribution in [0.5, 0.6) is 0 Å². The maximum absolute atomic E-state index is 12.1. The molecule has 1 aliphatic heterocycles. The minimum atomic E-state index is -4.15. The lowest BCUT2D eigenvalue weighted by atomic mass is 9.99. The van der Waals surface area contributed by atoms with Gasteiger partial charge in [-0.1, -0.05) is 0 Å². The lowest BCUT2D eigenvalue weighted by molar-refractivity contribution is -0.125. The van der Waals surface area contributed by atoms with Crippen LogP contribution in [0.4, 0.5) is 13.2 Å². The molecule has 0 saturated heterocycles. The van der Waals surface area contributed by atoms with Gasteiger partial charge in [0.1, 0.15) is 0 Å². The number of fused-ring (bicyclic) bond motifs is 1. The average molecular weight is 279 g/mol. The first-order valence-corrected chi connectivity index (χ1v) is 6.77. The van der Waals surface area contributed by atoms with Crippen molar-refractivity contribution in [1.82, 2.24) is 5.32 Å². The van der Waals surface area contributed by atoms with Crippen LogP contribution >= 0.6 is 11.3 Å². The zero-order valence-electron chi connectivity index (χ0n) is 10.3. The third kappa shape index (κ3) is 3.24. The second kappa shape index (κ2) is 5.19. The summed E-state index contributed by atoms with van der Waals surface area (Å²) >= 11 is 1.57. The predicted octanol–water partition coefficient (Wildman–Crippen LogP) is 3.42. The Morgan fingerprint density at radius 3 is 2.83 bits per heavy atom. The zero-order chi connectivity index (χ0) is 13.3. The fourth-order valence-electron chi connectivity index (χ4n) is 2.24. The van der Waals surface area contributed by atoms with E-state index in [0.717, 1.165) is 16.9 Å². The lowest BCUT2D eigenvalue weighted by Crippen LogP contribution is -2.29. The minimum Gasteiger partial charge on any atom is -0.370 e. The molecule has 2 rings (SSSR count).